The summed E-state index contributed by atoms with van der Waals surface area (Å²) in [5, 5.41) is 5.35. The molecule has 6 heteroatoms. The zero-order valence-electron chi connectivity index (χ0n) is 18.6. The second-order valence-corrected chi connectivity index (χ2v) is 8.65. The van der Waals surface area contributed by atoms with Gasteiger partial charge in [0.05, 0.1) is 11.4 Å². The van der Waals surface area contributed by atoms with Crippen LogP contribution in [0.2, 0.25) is 0 Å². The molecule has 0 saturated carbocycles. The summed E-state index contributed by atoms with van der Waals surface area (Å²) in [5.74, 6) is 0.0141. The molecule has 0 aliphatic rings. The van der Waals surface area contributed by atoms with E-state index in [1.807, 2.05) is 84.2 Å². The van der Waals surface area contributed by atoms with Crippen molar-refractivity contribution in [2.24, 2.45) is 0 Å². The minimum absolute atomic E-state index is 0.128. The van der Waals surface area contributed by atoms with Crippen molar-refractivity contribution in [3.05, 3.63) is 114 Å². The first kappa shape index (κ1) is 22.5. The SMILES string of the molecule is O=C(COc1ccc(-c2ccccc2)cc1)Nc1ccccc1-c1csc(-c2ccccc2F)n1. The van der Waals surface area contributed by atoms with Crippen molar-refractivity contribution in [2.75, 3.05) is 11.9 Å². The fraction of sp³-hybridized carbons (Fsp3) is 0.0345. The molecule has 0 radical (unpaired) electrons. The number of para-hydroxylation sites is 1. The van der Waals surface area contributed by atoms with Gasteiger partial charge in [-0.15, -0.1) is 11.3 Å². The maximum atomic E-state index is 14.2. The Labute approximate surface area is 206 Å². The van der Waals surface area contributed by atoms with Crippen LogP contribution in [-0.4, -0.2) is 17.5 Å². The predicted octanol–water partition coefficient (Wildman–Crippen LogP) is 7.30. The van der Waals surface area contributed by atoms with Crippen molar-refractivity contribution in [1.29, 1.82) is 0 Å². The first-order valence-electron chi connectivity index (χ1n) is 11.1. The molecule has 1 N–H and O–H groups in total. The third-order valence-electron chi connectivity index (χ3n) is 5.42. The Morgan fingerprint density at radius 1 is 0.800 bits per heavy atom. The van der Waals surface area contributed by atoms with Gasteiger partial charge < -0.3 is 10.1 Å². The van der Waals surface area contributed by atoms with Gasteiger partial charge in [0.25, 0.3) is 5.91 Å². The van der Waals surface area contributed by atoms with E-state index in [2.05, 4.69) is 10.3 Å². The van der Waals surface area contributed by atoms with Gasteiger partial charge in [-0.1, -0.05) is 72.8 Å². The lowest BCUT2D eigenvalue weighted by molar-refractivity contribution is -0.118. The van der Waals surface area contributed by atoms with E-state index in [-0.39, 0.29) is 18.3 Å². The van der Waals surface area contributed by atoms with Gasteiger partial charge >= 0.3 is 0 Å². The molecule has 4 nitrogen and oxygen atoms in total. The summed E-state index contributed by atoms with van der Waals surface area (Å²) in [6, 6.07) is 31.6. The molecular weight excluding hydrogens is 459 g/mol. The molecule has 1 aromatic heterocycles. The molecule has 0 fully saturated rings. The second-order valence-electron chi connectivity index (χ2n) is 7.79. The summed E-state index contributed by atoms with van der Waals surface area (Å²) in [7, 11) is 0. The van der Waals surface area contributed by atoms with Crippen molar-refractivity contribution >= 4 is 22.9 Å². The molecule has 4 aromatic carbocycles. The molecule has 0 aliphatic carbocycles. The molecule has 172 valence electrons. The summed E-state index contributed by atoms with van der Waals surface area (Å²) in [5.41, 5.74) is 4.69. The lowest BCUT2D eigenvalue weighted by Crippen LogP contribution is -2.20. The average Bonchev–Trinajstić information content (AvgIpc) is 3.39. The fourth-order valence-electron chi connectivity index (χ4n) is 3.68. The van der Waals surface area contributed by atoms with E-state index in [0.717, 1.165) is 16.7 Å². The molecule has 0 saturated heterocycles. The lowest BCUT2D eigenvalue weighted by atomic mass is 10.1. The number of aromatic nitrogens is 1. The van der Waals surface area contributed by atoms with E-state index in [4.69, 9.17) is 4.74 Å². The lowest BCUT2D eigenvalue weighted by Gasteiger charge is -2.11. The van der Waals surface area contributed by atoms with Crippen LogP contribution in [0.1, 0.15) is 0 Å². The van der Waals surface area contributed by atoms with Crippen LogP contribution in [-0.2, 0) is 4.79 Å². The van der Waals surface area contributed by atoms with Gasteiger partial charge in [-0.3, -0.25) is 4.79 Å². The van der Waals surface area contributed by atoms with Gasteiger partial charge in [0.2, 0.25) is 0 Å². The van der Waals surface area contributed by atoms with Crippen LogP contribution < -0.4 is 10.1 Å². The van der Waals surface area contributed by atoms with Gasteiger partial charge in [0, 0.05) is 16.5 Å². The maximum Gasteiger partial charge on any atom is 0.262 e. The number of nitrogens with one attached hydrogen (secondary N) is 1. The Balaban J connectivity index is 1.25. The standard InChI is InChI=1S/C29H21FN2O2S/c30-25-12-6-4-10-23(25)29-32-27(19-35-29)24-11-5-7-13-26(24)31-28(33)18-34-22-16-14-21(15-17-22)20-8-2-1-3-9-20/h1-17,19H,18H2,(H,31,33). The van der Waals surface area contributed by atoms with E-state index >= 15 is 0 Å². The normalized spacial score (nSPS) is 10.7. The van der Waals surface area contributed by atoms with E-state index in [1.54, 1.807) is 18.2 Å². The summed E-state index contributed by atoms with van der Waals surface area (Å²) >= 11 is 1.36. The highest BCUT2D eigenvalue weighted by Gasteiger charge is 2.14. The highest BCUT2D eigenvalue weighted by Crippen LogP contribution is 2.33. The maximum absolute atomic E-state index is 14.2. The van der Waals surface area contributed by atoms with Crippen LogP contribution in [0.5, 0.6) is 5.75 Å². The summed E-state index contributed by atoms with van der Waals surface area (Å²) in [6.07, 6.45) is 0. The number of ether oxygens (including phenoxy) is 1. The highest BCUT2D eigenvalue weighted by molar-refractivity contribution is 7.13. The summed E-state index contributed by atoms with van der Waals surface area (Å²) < 4.78 is 19.9. The zero-order valence-corrected chi connectivity index (χ0v) is 19.5. The van der Waals surface area contributed by atoms with Gasteiger partial charge in [-0.05, 0) is 41.5 Å². The van der Waals surface area contributed by atoms with Crippen LogP contribution in [0.15, 0.2) is 109 Å². The quantitative estimate of drug-likeness (QED) is 0.266. The van der Waals surface area contributed by atoms with Crippen LogP contribution in [0.4, 0.5) is 10.1 Å². The Hall–Kier alpha value is -4.29. The number of amides is 1. The Morgan fingerprint density at radius 2 is 1.46 bits per heavy atom. The second kappa shape index (κ2) is 10.3. The monoisotopic (exact) mass is 480 g/mol. The minimum atomic E-state index is -0.316. The molecule has 0 atom stereocenters. The van der Waals surface area contributed by atoms with Crippen LogP contribution >= 0.6 is 11.3 Å². The molecule has 0 unspecified atom stereocenters. The van der Waals surface area contributed by atoms with E-state index in [0.29, 0.717) is 27.7 Å². The van der Waals surface area contributed by atoms with E-state index in [1.165, 1.54) is 17.4 Å². The molecule has 1 heterocycles. The molecule has 0 aliphatic heterocycles. The van der Waals surface area contributed by atoms with Crippen LogP contribution in [0.3, 0.4) is 0 Å². The largest absolute Gasteiger partial charge is 0.484 e. The van der Waals surface area contributed by atoms with Crippen LogP contribution in [0, 0.1) is 5.82 Å². The number of nitrogens with zero attached hydrogens (tertiary/aromatic N) is 1. The number of hydrogen-bond acceptors (Lipinski definition) is 4. The third kappa shape index (κ3) is 5.28. The summed E-state index contributed by atoms with van der Waals surface area (Å²) in [4.78, 5) is 17.2. The topological polar surface area (TPSA) is 51.2 Å². The number of rotatable bonds is 7. The molecule has 0 bridgehead atoms. The average molecular weight is 481 g/mol. The minimum Gasteiger partial charge on any atom is -0.484 e. The number of benzene rings is 4. The third-order valence-corrected chi connectivity index (χ3v) is 6.29. The molecule has 5 rings (SSSR count). The Kier molecular flexibility index (Phi) is 6.63. The molecule has 0 spiro atoms. The molecule has 5 aromatic rings. The Bertz CT molecular complexity index is 1450. The highest BCUT2D eigenvalue weighted by atomic mass is 32.1. The zero-order chi connectivity index (χ0) is 24.0. The van der Waals surface area contributed by atoms with Gasteiger partial charge in [-0.2, -0.15) is 0 Å². The number of carbonyl (C=O) groups is 1. The van der Waals surface area contributed by atoms with E-state index in [9.17, 15) is 9.18 Å². The van der Waals surface area contributed by atoms with E-state index < -0.39 is 0 Å². The smallest absolute Gasteiger partial charge is 0.262 e. The van der Waals surface area contributed by atoms with Crippen molar-refractivity contribution < 1.29 is 13.9 Å². The number of carbonyl (C=O) groups excluding carboxylic acids is 1. The number of halogens is 1. The van der Waals surface area contributed by atoms with Crippen LogP contribution in [0.25, 0.3) is 33.0 Å². The van der Waals surface area contributed by atoms with Crippen molar-refractivity contribution in [2.45, 2.75) is 0 Å². The molecular formula is C29H21FN2O2S. The number of thiazole rings is 1. The predicted molar refractivity (Wildman–Crippen MR) is 139 cm³/mol. The van der Waals surface area contributed by atoms with Crippen molar-refractivity contribution in [3.8, 4) is 38.7 Å². The van der Waals surface area contributed by atoms with Crippen molar-refractivity contribution in [1.82, 2.24) is 4.98 Å². The number of anilines is 1. The van der Waals surface area contributed by atoms with Gasteiger partial charge in [0.15, 0.2) is 6.61 Å². The first-order valence-corrected chi connectivity index (χ1v) is 11.9. The number of hydrogen-bond donors (Lipinski definition) is 1. The van der Waals surface area contributed by atoms with Gasteiger partial charge in [-0.25, -0.2) is 9.37 Å². The van der Waals surface area contributed by atoms with Crippen molar-refractivity contribution in [3.63, 3.8) is 0 Å². The molecule has 1 amide bonds. The fourth-order valence-corrected chi connectivity index (χ4v) is 4.53. The molecule has 35 heavy (non-hydrogen) atoms. The van der Waals surface area contributed by atoms with Gasteiger partial charge in [0.1, 0.15) is 16.6 Å². The summed E-state index contributed by atoms with van der Waals surface area (Å²) in [6.45, 7) is -0.128. The Morgan fingerprint density at radius 3 is 2.23 bits per heavy atom. The first-order chi connectivity index (χ1) is 17.2.